The van der Waals surface area contributed by atoms with Crippen LogP contribution in [0.15, 0.2) is 53.4 Å². The van der Waals surface area contributed by atoms with E-state index in [1.165, 1.54) is 0 Å². The first kappa shape index (κ1) is 16.3. The highest BCUT2D eigenvalue weighted by atomic mass is 35.5. The quantitative estimate of drug-likeness (QED) is 0.853. The predicted molar refractivity (Wildman–Crippen MR) is 93.6 cm³/mol. The lowest BCUT2D eigenvalue weighted by Crippen LogP contribution is -2.48. The van der Waals surface area contributed by atoms with Gasteiger partial charge in [0.15, 0.2) is 0 Å². The maximum Gasteiger partial charge on any atom is 0.243 e. The standard InChI is InChI=1S/C17H19ClN2O2S/c1-14-7-8-15(18)13-17(14)19-9-11-20(12-10-19)23(21,22)16-5-3-2-4-6-16/h2-8,13H,9-12H2,1H3. The molecule has 1 fully saturated rings. The Morgan fingerprint density at radius 2 is 1.61 bits per heavy atom. The van der Waals surface area contributed by atoms with Crippen LogP contribution in [0.25, 0.3) is 0 Å². The Balaban J connectivity index is 1.75. The summed E-state index contributed by atoms with van der Waals surface area (Å²) in [7, 11) is -3.41. The van der Waals surface area contributed by atoms with Gasteiger partial charge < -0.3 is 4.90 Å². The molecule has 1 aliphatic heterocycles. The Morgan fingerprint density at radius 3 is 2.26 bits per heavy atom. The molecule has 6 heteroatoms. The van der Waals surface area contributed by atoms with Crippen molar-refractivity contribution in [1.82, 2.24) is 4.31 Å². The summed E-state index contributed by atoms with van der Waals surface area (Å²) in [6.07, 6.45) is 0. The first-order valence-corrected chi connectivity index (χ1v) is 9.36. The van der Waals surface area contributed by atoms with E-state index in [4.69, 9.17) is 11.6 Å². The lowest BCUT2D eigenvalue weighted by molar-refractivity contribution is 0.385. The summed E-state index contributed by atoms with van der Waals surface area (Å²) in [5.41, 5.74) is 2.23. The summed E-state index contributed by atoms with van der Waals surface area (Å²) >= 11 is 6.08. The summed E-state index contributed by atoms with van der Waals surface area (Å²) in [5, 5.41) is 0.699. The molecule has 122 valence electrons. The second-order valence-electron chi connectivity index (χ2n) is 5.63. The Bertz CT molecular complexity index is 785. The van der Waals surface area contributed by atoms with Gasteiger partial charge in [-0.2, -0.15) is 4.31 Å². The molecule has 2 aromatic rings. The zero-order chi connectivity index (χ0) is 16.4. The van der Waals surface area contributed by atoms with E-state index >= 15 is 0 Å². The van der Waals surface area contributed by atoms with E-state index < -0.39 is 10.0 Å². The van der Waals surface area contributed by atoms with Gasteiger partial charge >= 0.3 is 0 Å². The number of sulfonamides is 1. The van der Waals surface area contributed by atoms with E-state index in [9.17, 15) is 8.42 Å². The minimum Gasteiger partial charge on any atom is -0.369 e. The molecule has 2 aromatic carbocycles. The molecule has 23 heavy (non-hydrogen) atoms. The predicted octanol–water partition coefficient (Wildman–Crippen LogP) is 3.16. The second kappa shape index (κ2) is 6.51. The molecule has 0 aliphatic carbocycles. The highest BCUT2D eigenvalue weighted by molar-refractivity contribution is 7.89. The second-order valence-corrected chi connectivity index (χ2v) is 8.01. The molecule has 0 bridgehead atoms. The van der Waals surface area contributed by atoms with Crippen LogP contribution in [0.5, 0.6) is 0 Å². The zero-order valence-corrected chi connectivity index (χ0v) is 14.5. The van der Waals surface area contributed by atoms with E-state index in [-0.39, 0.29) is 0 Å². The van der Waals surface area contributed by atoms with Gasteiger partial charge in [0.25, 0.3) is 0 Å². The topological polar surface area (TPSA) is 40.6 Å². The maximum absolute atomic E-state index is 12.6. The molecular weight excluding hydrogens is 332 g/mol. The number of nitrogens with zero attached hydrogens (tertiary/aromatic N) is 2. The van der Waals surface area contributed by atoms with Gasteiger partial charge in [0, 0.05) is 36.9 Å². The van der Waals surface area contributed by atoms with Crippen LogP contribution in [0, 0.1) is 6.92 Å². The first-order chi connectivity index (χ1) is 11.0. The Kier molecular flexibility index (Phi) is 4.62. The number of hydrogen-bond donors (Lipinski definition) is 0. The molecule has 0 spiro atoms. The van der Waals surface area contributed by atoms with Crippen molar-refractivity contribution < 1.29 is 8.42 Å². The molecule has 0 saturated carbocycles. The smallest absolute Gasteiger partial charge is 0.243 e. The number of benzene rings is 2. The van der Waals surface area contributed by atoms with E-state index in [1.54, 1.807) is 28.6 Å². The Labute approximate surface area is 142 Å². The van der Waals surface area contributed by atoms with Crippen molar-refractivity contribution in [3.05, 3.63) is 59.1 Å². The molecular formula is C17H19ClN2O2S. The molecule has 0 atom stereocenters. The van der Waals surface area contributed by atoms with Crippen LogP contribution in [0.2, 0.25) is 5.02 Å². The Hall–Kier alpha value is -1.56. The van der Waals surface area contributed by atoms with E-state index in [1.807, 2.05) is 31.2 Å². The molecule has 0 aromatic heterocycles. The van der Waals surface area contributed by atoms with E-state index in [2.05, 4.69) is 4.90 Å². The fraction of sp³-hybridized carbons (Fsp3) is 0.294. The lowest BCUT2D eigenvalue weighted by Gasteiger charge is -2.36. The minimum atomic E-state index is -3.41. The van der Waals surface area contributed by atoms with Gasteiger partial charge in [0.2, 0.25) is 10.0 Å². The number of rotatable bonds is 3. The van der Waals surface area contributed by atoms with Crippen molar-refractivity contribution >= 4 is 27.3 Å². The van der Waals surface area contributed by atoms with Crippen LogP contribution in [0.1, 0.15) is 5.56 Å². The Morgan fingerprint density at radius 1 is 0.957 bits per heavy atom. The third-order valence-electron chi connectivity index (χ3n) is 4.13. The van der Waals surface area contributed by atoms with Gasteiger partial charge in [-0.15, -0.1) is 0 Å². The van der Waals surface area contributed by atoms with Crippen LogP contribution in [-0.4, -0.2) is 38.9 Å². The summed E-state index contributed by atoms with van der Waals surface area (Å²) in [6, 6.07) is 14.4. The van der Waals surface area contributed by atoms with E-state index in [0.29, 0.717) is 36.1 Å². The average Bonchev–Trinajstić information content (AvgIpc) is 2.58. The van der Waals surface area contributed by atoms with Crippen LogP contribution in [0.4, 0.5) is 5.69 Å². The number of aryl methyl sites for hydroxylation is 1. The lowest BCUT2D eigenvalue weighted by atomic mass is 10.1. The summed E-state index contributed by atoms with van der Waals surface area (Å²) in [6.45, 7) is 4.31. The summed E-state index contributed by atoms with van der Waals surface area (Å²) < 4.78 is 26.8. The van der Waals surface area contributed by atoms with Crippen molar-refractivity contribution in [2.24, 2.45) is 0 Å². The van der Waals surface area contributed by atoms with Crippen molar-refractivity contribution in [3.63, 3.8) is 0 Å². The number of anilines is 1. The largest absolute Gasteiger partial charge is 0.369 e. The third-order valence-corrected chi connectivity index (χ3v) is 6.28. The number of piperazine rings is 1. The maximum atomic E-state index is 12.6. The number of hydrogen-bond acceptors (Lipinski definition) is 3. The van der Waals surface area contributed by atoms with Crippen LogP contribution >= 0.6 is 11.6 Å². The van der Waals surface area contributed by atoms with Gasteiger partial charge in [0.05, 0.1) is 4.90 Å². The van der Waals surface area contributed by atoms with E-state index in [0.717, 1.165) is 11.3 Å². The SMILES string of the molecule is Cc1ccc(Cl)cc1N1CCN(S(=O)(=O)c2ccccc2)CC1. The van der Waals surface area contributed by atoms with Crippen molar-refractivity contribution in [2.45, 2.75) is 11.8 Å². The van der Waals surface area contributed by atoms with Crippen LogP contribution < -0.4 is 4.90 Å². The van der Waals surface area contributed by atoms with Gasteiger partial charge in [-0.25, -0.2) is 8.42 Å². The van der Waals surface area contributed by atoms with Gasteiger partial charge in [-0.3, -0.25) is 0 Å². The zero-order valence-electron chi connectivity index (χ0n) is 12.9. The molecule has 0 amide bonds. The summed E-state index contributed by atoms with van der Waals surface area (Å²) in [4.78, 5) is 2.55. The van der Waals surface area contributed by atoms with Crippen molar-refractivity contribution in [1.29, 1.82) is 0 Å². The fourth-order valence-corrected chi connectivity index (χ4v) is 4.44. The van der Waals surface area contributed by atoms with Gasteiger partial charge in [0.1, 0.15) is 0 Å². The van der Waals surface area contributed by atoms with Crippen LogP contribution in [0.3, 0.4) is 0 Å². The molecule has 0 unspecified atom stereocenters. The highest BCUT2D eigenvalue weighted by Gasteiger charge is 2.28. The van der Waals surface area contributed by atoms with Crippen molar-refractivity contribution in [2.75, 3.05) is 31.1 Å². The van der Waals surface area contributed by atoms with Gasteiger partial charge in [-0.1, -0.05) is 35.9 Å². The highest BCUT2D eigenvalue weighted by Crippen LogP contribution is 2.26. The third kappa shape index (κ3) is 3.37. The molecule has 3 rings (SSSR count). The molecule has 4 nitrogen and oxygen atoms in total. The first-order valence-electron chi connectivity index (χ1n) is 7.55. The average molecular weight is 351 g/mol. The molecule has 1 heterocycles. The number of halogens is 1. The monoisotopic (exact) mass is 350 g/mol. The normalized spacial score (nSPS) is 16.5. The molecule has 1 saturated heterocycles. The van der Waals surface area contributed by atoms with Gasteiger partial charge in [-0.05, 0) is 36.8 Å². The molecule has 0 radical (unpaired) electrons. The fourth-order valence-electron chi connectivity index (χ4n) is 2.83. The summed E-state index contributed by atoms with van der Waals surface area (Å²) in [5.74, 6) is 0. The minimum absolute atomic E-state index is 0.354. The van der Waals surface area contributed by atoms with Crippen LogP contribution in [-0.2, 0) is 10.0 Å². The molecule has 0 N–H and O–H groups in total. The molecule has 1 aliphatic rings. The van der Waals surface area contributed by atoms with Crippen molar-refractivity contribution in [3.8, 4) is 0 Å².